The minimum atomic E-state index is -0.194. The van der Waals surface area contributed by atoms with Gasteiger partial charge in [0.25, 0.3) is 5.91 Å². The second-order valence-electron chi connectivity index (χ2n) is 9.30. The number of furan rings is 1. The van der Waals surface area contributed by atoms with E-state index in [1.807, 2.05) is 35.7 Å². The van der Waals surface area contributed by atoms with E-state index in [1.54, 1.807) is 37.2 Å². The maximum atomic E-state index is 12.9. The maximum absolute atomic E-state index is 12.9. The average molecular weight is 488 g/mol. The fourth-order valence-electron chi connectivity index (χ4n) is 4.60. The van der Waals surface area contributed by atoms with Crippen LogP contribution in [0.3, 0.4) is 0 Å². The molecule has 0 saturated carbocycles. The summed E-state index contributed by atoms with van der Waals surface area (Å²) in [7, 11) is 5.30. The van der Waals surface area contributed by atoms with Crippen LogP contribution in [-0.2, 0) is 18.4 Å². The molecule has 5 rings (SSSR count). The van der Waals surface area contributed by atoms with Gasteiger partial charge in [0.05, 0.1) is 24.1 Å². The summed E-state index contributed by atoms with van der Waals surface area (Å²) in [5, 5.41) is 13.1. The SMILES string of the molecule is Cc1cc(-c2cc(C3=CCCN(C(=O)CCn4ccnn4)C3)cc3cc(C(=O)N(C)C)oc23)n(C)n1. The molecule has 3 aromatic heterocycles. The molecule has 0 radical (unpaired) electrons. The molecule has 4 aromatic rings. The Bertz CT molecular complexity index is 1460. The lowest BCUT2D eigenvalue weighted by Gasteiger charge is -2.28. The number of carbonyl (C=O) groups is 2. The first-order valence-corrected chi connectivity index (χ1v) is 11.9. The normalized spacial score (nSPS) is 13.8. The number of rotatable bonds is 6. The third-order valence-corrected chi connectivity index (χ3v) is 6.41. The van der Waals surface area contributed by atoms with Gasteiger partial charge in [0.2, 0.25) is 5.91 Å². The first kappa shape index (κ1) is 23.5. The lowest BCUT2D eigenvalue weighted by Crippen LogP contribution is -2.35. The van der Waals surface area contributed by atoms with Gasteiger partial charge in [-0.25, -0.2) is 0 Å². The minimum Gasteiger partial charge on any atom is -0.450 e. The highest BCUT2D eigenvalue weighted by molar-refractivity contribution is 6.01. The molecule has 186 valence electrons. The lowest BCUT2D eigenvalue weighted by molar-refractivity contribution is -0.131. The Morgan fingerprint density at radius 2 is 2.00 bits per heavy atom. The Hall–Kier alpha value is -4.21. The molecule has 1 aromatic carbocycles. The summed E-state index contributed by atoms with van der Waals surface area (Å²) in [6.07, 6.45) is 6.70. The second kappa shape index (κ2) is 9.44. The van der Waals surface area contributed by atoms with Gasteiger partial charge in [-0.1, -0.05) is 11.3 Å². The Balaban J connectivity index is 1.49. The van der Waals surface area contributed by atoms with Crippen LogP contribution in [0.1, 0.15) is 34.7 Å². The summed E-state index contributed by atoms with van der Waals surface area (Å²) < 4.78 is 9.57. The third kappa shape index (κ3) is 4.53. The monoisotopic (exact) mass is 487 g/mol. The van der Waals surface area contributed by atoms with E-state index in [0.29, 0.717) is 31.6 Å². The number of benzene rings is 1. The van der Waals surface area contributed by atoms with Crippen molar-refractivity contribution >= 4 is 28.4 Å². The van der Waals surface area contributed by atoms with Gasteiger partial charge in [0, 0.05) is 57.8 Å². The fraction of sp³-hybridized carbons (Fsp3) is 0.346. The molecule has 0 N–H and O–H groups in total. The zero-order valence-corrected chi connectivity index (χ0v) is 20.9. The molecule has 0 spiro atoms. The van der Waals surface area contributed by atoms with E-state index in [0.717, 1.165) is 39.9 Å². The molecule has 0 aliphatic carbocycles. The predicted molar refractivity (Wildman–Crippen MR) is 135 cm³/mol. The topological polar surface area (TPSA) is 102 Å². The van der Waals surface area contributed by atoms with Crippen molar-refractivity contribution in [3.05, 3.63) is 59.8 Å². The second-order valence-corrected chi connectivity index (χ2v) is 9.30. The molecule has 1 aliphatic rings. The van der Waals surface area contributed by atoms with Crippen LogP contribution in [-0.4, -0.2) is 73.6 Å². The van der Waals surface area contributed by atoms with Crippen LogP contribution in [0.25, 0.3) is 27.8 Å². The van der Waals surface area contributed by atoms with Crippen molar-refractivity contribution in [3.8, 4) is 11.3 Å². The van der Waals surface area contributed by atoms with Crippen LogP contribution in [0.5, 0.6) is 0 Å². The van der Waals surface area contributed by atoms with E-state index in [-0.39, 0.29) is 17.6 Å². The highest BCUT2D eigenvalue weighted by Gasteiger charge is 2.23. The molecule has 0 fully saturated rings. The van der Waals surface area contributed by atoms with Crippen LogP contribution in [0.15, 0.2) is 47.2 Å². The van der Waals surface area contributed by atoms with Crippen LogP contribution < -0.4 is 0 Å². The average Bonchev–Trinajstić information content (AvgIpc) is 3.61. The summed E-state index contributed by atoms with van der Waals surface area (Å²) in [6.45, 7) is 3.65. The van der Waals surface area contributed by atoms with E-state index in [9.17, 15) is 9.59 Å². The molecule has 36 heavy (non-hydrogen) atoms. The quantitative estimate of drug-likeness (QED) is 0.414. The number of aryl methyl sites for hydroxylation is 3. The highest BCUT2D eigenvalue weighted by atomic mass is 16.3. The molecule has 2 amide bonds. The predicted octanol–water partition coefficient (Wildman–Crippen LogP) is 3.14. The van der Waals surface area contributed by atoms with Gasteiger partial charge in [0.15, 0.2) is 5.76 Å². The van der Waals surface area contributed by atoms with E-state index in [4.69, 9.17) is 4.42 Å². The summed E-state index contributed by atoms with van der Waals surface area (Å²) in [5.41, 5.74) is 5.36. The van der Waals surface area contributed by atoms with Crippen molar-refractivity contribution < 1.29 is 14.0 Å². The number of hydrogen-bond acceptors (Lipinski definition) is 6. The van der Waals surface area contributed by atoms with E-state index >= 15 is 0 Å². The fourth-order valence-corrected chi connectivity index (χ4v) is 4.60. The van der Waals surface area contributed by atoms with Crippen LogP contribution in [0, 0.1) is 6.92 Å². The summed E-state index contributed by atoms with van der Waals surface area (Å²) in [6, 6.07) is 7.90. The molecule has 10 nitrogen and oxygen atoms in total. The zero-order chi connectivity index (χ0) is 25.4. The van der Waals surface area contributed by atoms with Crippen LogP contribution in [0.4, 0.5) is 0 Å². The Labute approximate surface area is 208 Å². The largest absolute Gasteiger partial charge is 0.450 e. The number of hydrogen-bond donors (Lipinski definition) is 0. The summed E-state index contributed by atoms with van der Waals surface area (Å²) in [5.74, 6) is 0.178. The first-order chi connectivity index (χ1) is 17.3. The molecule has 0 saturated heterocycles. The standard InChI is InChI=1S/C26H29N7O3/c1-17-12-22(31(4)28-17)21-14-19(13-20-15-23(36-25(20)21)26(35)30(2)3)18-6-5-9-32(16-18)24(34)7-10-33-11-8-27-29-33/h6,8,11-15H,5,7,9-10,16H2,1-4H3. The minimum absolute atomic E-state index is 0.0850. The Kier molecular flexibility index (Phi) is 6.17. The maximum Gasteiger partial charge on any atom is 0.289 e. The number of fused-ring (bicyclic) bond motifs is 1. The van der Waals surface area contributed by atoms with Crippen molar-refractivity contribution in [2.75, 3.05) is 27.2 Å². The summed E-state index contributed by atoms with van der Waals surface area (Å²) >= 11 is 0. The lowest BCUT2D eigenvalue weighted by atomic mass is 9.96. The number of nitrogens with zero attached hydrogens (tertiary/aromatic N) is 7. The van der Waals surface area contributed by atoms with Gasteiger partial charge in [-0.15, -0.1) is 5.10 Å². The molecule has 4 heterocycles. The Morgan fingerprint density at radius 1 is 1.17 bits per heavy atom. The van der Waals surface area contributed by atoms with E-state index < -0.39 is 0 Å². The van der Waals surface area contributed by atoms with Crippen molar-refractivity contribution in [1.82, 2.24) is 34.6 Å². The van der Waals surface area contributed by atoms with Crippen LogP contribution >= 0.6 is 0 Å². The van der Waals surface area contributed by atoms with E-state index in [1.165, 1.54) is 4.90 Å². The third-order valence-electron chi connectivity index (χ3n) is 6.41. The molecule has 10 heteroatoms. The number of aromatic nitrogens is 5. The molecule has 0 bridgehead atoms. The van der Waals surface area contributed by atoms with E-state index in [2.05, 4.69) is 27.6 Å². The highest BCUT2D eigenvalue weighted by Crippen LogP contribution is 2.36. The van der Waals surface area contributed by atoms with Gasteiger partial charge in [-0.3, -0.25) is 19.0 Å². The van der Waals surface area contributed by atoms with Crippen molar-refractivity contribution in [1.29, 1.82) is 0 Å². The van der Waals surface area contributed by atoms with Gasteiger partial charge in [0.1, 0.15) is 5.58 Å². The Morgan fingerprint density at radius 3 is 2.69 bits per heavy atom. The summed E-state index contributed by atoms with van der Waals surface area (Å²) in [4.78, 5) is 29.0. The molecular formula is C26H29N7O3. The molecule has 0 atom stereocenters. The van der Waals surface area contributed by atoms with Crippen molar-refractivity contribution in [2.45, 2.75) is 26.3 Å². The molecular weight excluding hydrogens is 458 g/mol. The molecule has 1 aliphatic heterocycles. The van der Waals surface area contributed by atoms with Crippen molar-refractivity contribution in [2.24, 2.45) is 7.05 Å². The van der Waals surface area contributed by atoms with Gasteiger partial charge in [-0.05, 0) is 48.7 Å². The first-order valence-electron chi connectivity index (χ1n) is 11.9. The van der Waals surface area contributed by atoms with Crippen molar-refractivity contribution in [3.63, 3.8) is 0 Å². The number of amides is 2. The van der Waals surface area contributed by atoms with Gasteiger partial charge >= 0.3 is 0 Å². The van der Waals surface area contributed by atoms with Gasteiger partial charge in [-0.2, -0.15) is 5.10 Å². The zero-order valence-electron chi connectivity index (χ0n) is 20.9. The molecule has 0 unspecified atom stereocenters. The smallest absolute Gasteiger partial charge is 0.289 e. The van der Waals surface area contributed by atoms with Crippen LogP contribution in [0.2, 0.25) is 0 Å². The van der Waals surface area contributed by atoms with Gasteiger partial charge < -0.3 is 14.2 Å². The number of carbonyl (C=O) groups excluding carboxylic acids is 2.